The Balaban J connectivity index is 2.46. The Labute approximate surface area is 189 Å². The third kappa shape index (κ3) is 3.90. The highest BCUT2D eigenvalue weighted by molar-refractivity contribution is 6.07. The minimum Gasteiger partial charge on any atom is -0.478 e. The maximum absolute atomic E-state index is 13.0. The number of hydrogen-bond acceptors (Lipinski definition) is 8. The predicted octanol–water partition coefficient (Wildman–Crippen LogP) is 2.59. The number of allylic oxidation sites excluding steroid dienone is 1. The molecule has 2 aromatic rings. The molecule has 2 aromatic carbocycles. The SMILES string of the molecule is COC(=O)C1=C(C(=O)OC)N(c2cccc(C(=O)O)c2C)C(N)=C(C#N)C1c1ccccc1. The lowest BCUT2D eigenvalue weighted by Gasteiger charge is -2.36. The van der Waals surface area contributed by atoms with Crippen LogP contribution in [0, 0.1) is 18.3 Å². The lowest BCUT2D eigenvalue weighted by atomic mass is 9.80. The molecule has 1 aliphatic heterocycles. The van der Waals surface area contributed by atoms with Crippen molar-refractivity contribution in [2.45, 2.75) is 12.8 Å². The van der Waals surface area contributed by atoms with Crippen LogP contribution in [0.5, 0.6) is 0 Å². The van der Waals surface area contributed by atoms with Gasteiger partial charge in [-0.25, -0.2) is 14.4 Å². The Morgan fingerprint density at radius 2 is 1.67 bits per heavy atom. The second-order valence-corrected chi connectivity index (χ2v) is 7.09. The zero-order chi connectivity index (χ0) is 24.3. The van der Waals surface area contributed by atoms with Crippen LogP contribution in [0.15, 0.2) is 71.2 Å². The Morgan fingerprint density at radius 3 is 2.21 bits per heavy atom. The number of carboxylic acid groups (broad SMARTS) is 1. The molecule has 33 heavy (non-hydrogen) atoms. The fourth-order valence-electron chi connectivity index (χ4n) is 3.86. The lowest BCUT2D eigenvalue weighted by molar-refractivity contribution is -0.139. The molecule has 1 atom stereocenters. The van der Waals surface area contributed by atoms with Gasteiger partial charge in [-0.2, -0.15) is 5.26 Å². The predicted molar refractivity (Wildman–Crippen MR) is 118 cm³/mol. The van der Waals surface area contributed by atoms with Gasteiger partial charge < -0.3 is 20.3 Å². The van der Waals surface area contributed by atoms with E-state index in [2.05, 4.69) is 0 Å². The van der Waals surface area contributed by atoms with Gasteiger partial charge >= 0.3 is 17.9 Å². The van der Waals surface area contributed by atoms with Gasteiger partial charge in [0.2, 0.25) is 0 Å². The number of nitrogens with two attached hydrogens (primary N) is 1. The van der Waals surface area contributed by atoms with Crippen molar-refractivity contribution in [3.05, 3.63) is 87.9 Å². The van der Waals surface area contributed by atoms with E-state index in [0.717, 1.165) is 14.2 Å². The smallest absolute Gasteiger partial charge is 0.355 e. The summed E-state index contributed by atoms with van der Waals surface area (Å²) in [7, 11) is 2.29. The normalized spacial score (nSPS) is 15.7. The maximum Gasteiger partial charge on any atom is 0.355 e. The van der Waals surface area contributed by atoms with Crippen LogP contribution < -0.4 is 10.6 Å². The Morgan fingerprint density at radius 1 is 1.03 bits per heavy atom. The first-order valence-electron chi connectivity index (χ1n) is 9.76. The summed E-state index contributed by atoms with van der Waals surface area (Å²) in [6.45, 7) is 1.54. The van der Waals surface area contributed by atoms with Crippen molar-refractivity contribution < 1.29 is 29.0 Å². The van der Waals surface area contributed by atoms with Gasteiger partial charge in [-0.1, -0.05) is 36.4 Å². The summed E-state index contributed by atoms with van der Waals surface area (Å²) < 4.78 is 9.93. The van der Waals surface area contributed by atoms with E-state index in [1.165, 1.54) is 30.0 Å². The molecule has 1 heterocycles. The van der Waals surface area contributed by atoms with Crippen LogP contribution >= 0.6 is 0 Å². The van der Waals surface area contributed by atoms with Crippen molar-refractivity contribution >= 4 is 23.6 Å². The van der Waals surface area contributed by atoms with Crippen LogP contribution in [0.4, 0.5) is 5.69 Å². The molecule has 0 spiro atoms. The largest absolute Gasteiger partial charge is 0.478 e. The molecule has 0 aromatic heterocycles. The van der Waals surface area contributed by atoms with E-state index in [9.17, 15) is 24.8 Å². The molecule has 168 valence electrons. The molecule has 0 amide bonds. The van der Waals surface area contributed by atoms with E-state index >= 15 is 0 Å². The fourth-order valence-corrected chi connectivity index (χ4v) is 3.86. The van der Waals surface area contributed by atoms with Gasteiger partial charge in [-0.05, 0) is 30.2 Å². The zero-order valence-electron chi connectivity index (χ0n) is 18.2. The third-order valence-electron chi connectivity index (χ3n) is 5.39. The summed E-state index contributed by atoms with van der Waals surface area (Å²) >= 11 is 0. The van der Waals surface area contributed by atoms with Crippen LogP contribution in [-0.4, -0.2) is 37.2 Å². The standard InChI is InChI=1S/C24H21N3O6/c1-13-15(22(28)29)10-7-11-17(13)27-20(24(31)33-3)19(23(30)32-2)18(16(12-25)21(27)26)14-8-5-4-6-9-14/h4-11,18H,26H2,1-3H3,(H,28,29). The number of nitriles is 1. The number of esters is 2. The van der Waals surface area contributed by atoms with E-state index in [4.69, 9.17) is 15.2 Å². The van der Waals surface area contributed by atoms with Gasteiger partial charge in [-0.3, -0.25) is 4.90 Å². The molecule has 0 saturated carbocycles. The average Bonchev–Trinajstić information content (AvgIpc) is 2.83. The van der Waals surface area contributed by atoms with E-state index < -0.39 is 23.8 Å². The van der Waals surface area contributed by atoms with E-state index in [1.807, 2.05) is 6.07 Å². The highest BCUT2D eigenvalue weighted by Crippen LogP contribution is 2.44. The first kappa shape index (κ1) is 23.1. The molecule has 3 rings (SSSR count). The van der Waals surface area contributed by atoms with Crippen LogP contribution in [-0.2, 0) is 19.1 Å². The molecule has 1 aliphatic rings. The zero-order valence-corrected chi connectivity index (χ0v) is 18.2. The average molecular weight is 447 g/mol. The van der Waals surface area contributed by atoms with E-state index in [1.54, 1.807) is 30.3 Å². The minimum atomic E-state index is -1.19. The van der Waals surface area contributed by atoms with E-state index in [-0.39, 0.29) is 39.5 Å². The molecule has 9 nitrogen and oxygen atoms in total. The van der Waals surface area contributed by atoms with Crippen LogP contribution in [0.25, 0.3) is 0 Å². The molecule has 0 radical (unpaired) electrons. The summed E-state index contributed by atoms with van der Waals surface area (Å²) in [6.07, 6.45) is 0. The van der Waals surface area contributed by atoms with Crippen LogP contribution in [0.2, 0.25) is 0 Å². The number of carboxylic acids is 1. The maximum atomic E-state index is 13.0. The molecule has 1 unspecified atom stereocenters. The number of benzene rings is 2. The van der Waals surface area contributed by atoms with Crippen LogP contribution in [0.1, 0.15) is 27.4 Å². The summed E-state index contributed by atoms with van der Waals surface area (Å²) in [5.41, 5.74) is 6.97. The van der Waals surface area contributed by atoms with Gasteiger partial charge in [0.25, 0.3) is 0 Å². The summed E-state index contributed by atoms with van der Waals surface area (Å²) in [4.78, 5) is 38.9. The molecule has 3 N–H and O–H groups in total. The van der Waals surface area contributed by atoms with Crippen molar-refractivity contribution in [2.75, 3.05) is 19.1 Å². The van der Waals surface area contributed by atoms with E-state index in [0.29, 0.717) is 5.56 Å². The topological polar surface area (TPSA) is 143 Å². The molecular formula is C24H21N3O6. The first-order chi connectivity index (χ1) is 15.8. The summed E-state index contributed by atoms with van der Waals surface area (Å²) in [5.74, 6) is -4.09. The first-order valence-corrected chi connectivity index (χ1v) is 9.76. The van der Waals surface area contributed by atoms with Crippen molar-refractivity contribution in [3.63, 3.8) is 0 Å². The third-order valence-corrected chi connectivity index (χ3v) is 5.39. The molecule has 9 heteroatoms. The number of methoxy groups -OCH3 is 2. The van der Waals surface area contributed by atoms with Crippen LogP contribution in [0.3, 0.4) is 0 Å². The Kier molecular flexibility index (Phi) is 6.49. The Bertz CT molecular complexity index is 1240. The minimum absolute atomic E-state index is 0.00520. The number of carbonyl (C=O) groups excluding carboxylic acids is 2. The number of aromatic carboxylic acids is 1. The molecule has 0 bridgehead atoms. The summed E-state index contributed by atoms with van der Waals surface area (Å²) in [5, 5.41) is 19.6. The van der Waals surface area contributed by atoms with Crippen molar-refractivity contribution in [3.8, 4) is 6.07 Å². The Hall–Kier alpha value is -4.58. The fraction of sp³-hybridized carbons (Fsp3) is 0.167. The molecule has 0 aliphatic carbocycles. The van der Waals surface area contributed by atoms with Gasteiger partial charge in [0.15, 0.2) is 0 Å². The van der Waals surface area contributed by atoms with Gasteiger partial charge in [0.05, 0.1) is 48.6 Å². The van der Waals surface area contributed by atoms with Crippen molar-refractivity contribution in [2.24, 2.45) is 5.73 Å². The van der Waals surface area contributed by atoms with Crippen molar-refractivity contribution in [1.82, 2.24) is 0 Å². The summed E-state index contributed by atoms with van der Waals surface area (Å²) in [6, 6.07) is 15.0. The van der Waals surface area contributed by atoms with Gasteiger partial charge in [-0.15, -0.1) is 0 Å². The second kappa shape index (κ2) is 9.28. The lowest BCUT2D eigenvalue weighted by Crippen LogP contribution is -2.41. The highest BCUT2D eigenvalue weighted by atomic mass is 16.5. The van der Waals surface area contributed by atoms with Gasteiger partial charge in [0, 0.05) is 0 Å². The highest BCUT2D eigenvalue weighted by Gasteiger charge is 2.43. The number of hydrogen-bond donors (Lipinski definition) is 2. The quantitative estimate of drug-likeness (QED) is 0.661. The molecule has 0 fully saturated rings. The van der Waals surface area contributed by atoms with Gasteiger partial charge in [0.1, 0.15) is 11.5 Å². The molecule has 0 saturated heterocycles. The molecular weight excluding hydrogens is 426 g/mol. The number of nitrogens with zero attached hydrogens (tertiary/aromatic N) is 2. The monoisotopic (exact) mass is 447 g/mol. The van der Waals surface area contributed by atoms with Crippen molar-refractivity contribution in [1.29, 1.82) is 5.26 Å². The number of carbonyl (C=O) groups is 3. The second-order valence-electron chi connectivity index (χ2n) is 7.09. The number of anilines is 1. The number of rotatable bonds is 5. The number of ether oxygens (including phenoxy) is 2.